The Morgan fingerprint density at radius 1 is 0.800 bits per heavy atom. The second kappa shape index (κ2) is 12.4. The Balaban J connectivity index is 3.28. The lowest BCUT2D eigenvalue weighted by atomic mass is 9.86. The van der Waals surface area contributed by atoms with E-state index in [2.05, 4.69) is 39.8 Å². The molecule has 0 radical (unpaired) electrons. The lowest BCUT2D eigenvalue weighted by Gasteiger charge is -2.25. The smallest absolute Gasteiger partial charge is 0.0588 e. The standard InChI is InChI=1S/C19H38O/c1-5-6-7-8-9-10-11-12-13-14-15-16-17-18(20)19(2,3)4/h13-14,18,20H,5-12,15-17H2,1-4H3/b14-13+/t18-/m1/s1. The number of hydrogen-bond donors (Lipinski definition) is 1. The lowest BCUT2D eigenvalue weighted by Crippen LogP contribution is -2.25. The first kappa shape index (κ1) is 19.7. The molecule has 120 valence electrons. The third-order valence-corrected chi connectivity index (χ3v) is 3.99. The van der Waals surface area contributed by atoms with Gasteiger partial charge in [0, 0.05) is 0 Å². The Bertz CT molecular complexity index is 224. The Labute approximate surface area is 127 Å². The first-order chi connectivity index (χ1) is 9.48. The highest BCUT2D eigenvalue weighted by molar-refractivity contribution is 4.82. The van der Waals surface area contributed by atoms with Crippen LogP contribution in [0.1, 0.15) is 98.3 Å². The molecule has 0 aromatic rings. The fourth-order valence-electron chi connectivity index (χ4n) is 2.32. The highest BCUT2D eigenvalue weighted by Gasteiger charge is 2.20. The van der Waals surface area contributed by atoms with Gasteiger partial charge in [0.05, 0.1) is 6.10 Å². The van der Waals surface area contributed by atoms with E-state index in [9.17, 15) is 5.11 Å². The highest BCUT2D eigenvalue weighted by atomic mass is 16.3. The molecule has 0 bridgehead atoms. The molecule has 0 saturated carbocycles. The van der Waals surface area contributed by atoms with Gasteiger partial charge in [-0.2, -0.15) is 0 Å². The summed E-state index contributed by atoms with van der Waals surface area (Å²) in [7, 11) is 0. The van der Waals surface area contributed by atoms with Crippen molar-refractivity contribution >= 4 is 0 Å². The van der Waals surface area contributed by atoms with Crippen molar-refractivity contribution in [2.45, 2.75) is 104 Å². The average molecular weight is 283 g/mol. The summed E-state index contributed by atoms with van der Waals surface area (Å²) >= 11 is 0. The maximum atomic E-state index is 9.92. The van der Waals surface area contributed by atoms with E-state index in [4.69, 9.17) is 0 Å². The summed E-state index contributed by atoms with van der Waals surface area (Å²) in [6.45, 7) is 8.58. The molecular weight excluding hydrogens is 244 g/mol. The summed E-state index contributed by atoms with van der Waals surface area (Å²) in [5.74, 6) is 0. The predicted octanol–water partition coefficient (Wildman–Crippen LogP) is 6.26. The molecule has 0 aliphatic heterocycles. The summed E-state index contributed by atoms with van der Waals surface area (Å²) in [6.07, 6.45) is 18.5. The van der Waals surface area contributed by atoms with Crippen LogP contribution in [0, 0.1) is 5.41 Å². The third kappa shape index (κ3) is 12.7. The van der Waals surface area contributed by atoms with E-state index in [0.717, 1.165) is 19.3 Å². The van der Waals surface area contributed by atoms with Gasteiger partial charge in [-0.3, -0.25) is 0 Å². The summed E-state index contributed by atoms with van der Waals surface area (Å²) < 4.78 is 0. The molecule has 0 aromatic carbocycles. The number of aliphatic hydroxyl groups is 1. The third-order valence-electron chi connectivity index (χ3n) is 3.99. The fourth-order valence-corrected chi connectivity index (χ4v) is 2.32. The number of allylic oxidation sites excluding steroid dienone is 2. The van der Waals surface area contributed by atoms with Gasteiger partial charge in [0.2, 0.25) is 0 Å². The van der Waals surface area contributed by atoms with E-state index in [1.165, 1.54) is 51.4 Å². The molecule has 0 fully saturated rings. The minimum atomic E-state index is -0.168. The van der Waals surface area contributed by atoms with Crippen molar-refractivity contribution in [2.24, 2.45) is 5.41 Å². The normalized spacial score (nSPS) is 14.1. The largest absolute Gasteiger partial charge is 0.393 e. The van der Waals surface area contributed by atoms with Crippen LogP contribution in [0.25, 0.3) is 0 Å². The molecule has 0 spiro atoms. The van der Waals surface area contributed by atoms with Crippen LogP contribution in [0.3, 0.4) is 0 Å². The maximum absolute atomic E-state index is 9.92. The van der Waals surface area contributed by atoms with Crippen molar-refractivity contribution in [3.63, 3.8) is 0 Å². The van der Waals surface area contributed by atoms with E-state index in [0.29, 0.717) is 0 Å². The Kier molecular flexibility index (Phi) is 12.3. The molecule has 0 unspecified atom stereocenters. The predicted molar refractivity (Wildman–Crippen MR) is 91.1 cm³/mol. The van der Waals surface area contributed by atoms with Crippen LogP contribution in [0.4, 0.5) is 0 Å². The van der Waals surface area contributed by atoms with Gasteiger partial charge >= 0.3 is 0 Å². The fraction of sp³-hybridized carbons (Fsp3) is 0.895. The molecule has 0 rings (SSSR count). The van der Waals surface area contributed by atoms with Gasteiger partial charge in [0.25, 0.3) is 0 Å². The van der Waals surface area contributed by atoms with Crippen molar-refractivity contribution < 1.29 is 5.11 Å². The van der Waals surface area contributed by atoms with Crippen LogP contribution in [-0.2, 0) is 0 Å². The lowest BCUT2D eigenvalue weighted by molar-refractivity contribution is 0.0542. The van der Waals surface area contributed by atoms with Crippen LogP contribution < -0.4 is 0 Å². The van der Waals surface area contributed by atoms with Crippen molar-refractivity contribution in [1.82, 2.24) is 0 Å². The SMILES string of the molecule is CCCCCCCCC/C=C/CCC[C@@H](O)C(C)(C)C. The van der Waals surface area contributed by atoms with Crippen LogP contribution in [0.2, 0.25) is 0 Å². The van der Waals surface area contributed by atoms with Gasteiger partial charge < -0.3 is 5.11 Å². The topological polar surface area (TPSA) is 20.2 Å². The molecular formula is C19H38O. The summed E-state index contributed by atoms with van der Waals surface area (Å²) in [6, 6.07) is 0. The second-order valence-corrected chi connectivity index (χ2v) is 7.19. The number of hydrogen-bond acceptors (Lipinski definition) is 1. The van der Waals surface area contributed by atoms with Crippen molar-refractivity contribution in [2.75, 3.05) is 0 Å². The van der Waals surface area contributed by atoms with Gasteiger partial charge in [0.1, 0.15) is 0 Å². The monoisotopic (exact) mass is 282 g/mol. The zero-order valence-electron chi connectivity index (χ0n) is 14.5. The molecule has 1 N–H and O–H groups in total. The number of aliphatic hydroxyl groups excluding tert-OH is 1. The Morgan fingerprint density at radius 3 is 1.85 bits per heavy atom. The van der Waals surface area contributed by atoms with Gasteiger partial charge in [0.15, 0.2) is 0 Å². The summed E-state index contributed by atoms with van der Waals surface area (Å²) in [5, 5.41) is 9.92. The molecule has 1 nitrogen and oxygen atoms in total. The molecule has 0 heterocycles. The van der Waals surface area contributed by atoms with Crippen molar-refractivity contribution in [1.29, 1.82) is 0 Å². The quantitative estimate of drug-likeness (QED) is 0.331. The second-order valence-electron chi connectivity index (χ2n) is 7.19. The minimum absolute atomic E-state index is 0.0293. The van der Waals surface area contributed by atoms with Crippen LogP contribution in [0.15, 0.2) is 12.2 Å². The Morgan fingerprint density at radius 2 is 1.30 bits per heavy atom. The molecule has 0 aromatic heterocycles. The molecule has 20 heavy (non-hydrogen) atoms. The Hall–Kier alpha value is -0.300. The summed E-state index contributed by atoms with van der Waals surface area (Å²) in [5.41, 5.74) is 0.0293. The van der Waals surface area contributed by atoms with Crippen LogP contribution in [0.5, 0.6) is 0 Å². The van der Waals surface area contributed by atoms with Crippen molar-refractivity contribution in [3.05, 3.63) is 12.2 Å². The van der Waals surface area contributed by atoms with Gasteiger partial charge in [-0.1, -0.05) is 78.4 Å². The molecule has 1 atom stereocenters. The van der Waals surface area contributed by atoms with E-state index in [1.807, 2.05) is 0 Å². The van der Waals surface area contributed by atoms with E-state index < -0.39 is 0 Å². The summed E-state index contributed by atoms with van der Waals surface area (Å²) in [4.78, 5) is 0. The van der Waals surface area contributed by atoms with Crippen LogP contribution >= 0.6 is 0 Å². The molecule has 0 amide bonds. The zero-order chi connectivity index (χ0) is 15.3. The van der Waals surface area contributed by atoms with Crippen molar-refractivity contribution in [3.8, 4) is 0 Å². The zero-order valence-corrected chi connectivity index (χ0v) is 14.5. The molecule has 0 saturated heterocycles. The van der Waals surface area contributed by atoms with Crippen LogP contribution in [-0.4, -0.2) is 11.2 Å². The molecule has 0 aliphatic carbocycles. The first-order valence-corrected chi connectivity index (χ1v) is 8.81. The maximum Gasteiger partial charge on any atom is 0.0588 e. The van der Waals surface area contributed by atoms with E-state index in [-0.39, 0.29) is 11.5 Å². The van der Waals surface area contributed by atoms with E-state index >= 15 is 0 Å². The highest BCUT2D eigenvalue weighted by Crippen LogP contribution is 2.23. The molecule has 1 heteroatoms. The van der Waals surface area contributed by atoms with Gasteiger partial charge in [-0.25, -0.2) is 0 Å². The number of rotatable bonds is 12. The van der Waals surface area contributed by atoms with E-state index in [1.54, 1.807) is 0 Å². The average Bonchev–Trinajstić information content (AvgIpc) is 2.38. The first-order valence-electron chi connectivity index (χ1n) is 8.81. The van der Waals surface area contributed by atoms with Gasteiger partial charge in [-0.05, 0) is 37.5 Å². The number of unbranched alkanes of at least 4 members (excludes halogenated alkanes) is 8. The molecule has 0 aliphatic rings. The van der Waals surface area contributed by atoms with Gasteiger partial charge in [-0.15, -0.1) is 0 Å². The minimum Gasteiger partial charge on any atom is -0.393 e.